The van der Waals surface area contributed by atoms with Crippen LogP contribution in [0.4, 0.5) is 0 Å². The molecule has 0 amide bonds. The van der Waals surface area contributed by atoms with Crippen LogP contribution in [0.3, 0.4) is 0 Å². The van der Waals surface area contributed by atoms with Crippen LogP contribution < -0.4 is 0 Å². The van der Waals surface area contributed by atoms with Crippen molar-refractivity contribution in [1.82, 2.24) is 0 Å². The van der Waals surface area contributed by atoms with Gasteiger partial charge < -0.3 is 9.84 Å². The molecule has 2 unspecified atom stereocenters. The SMILES string of the molecule is CCCCCCCC/C=C/CCCCCOC(=O)C1CCCCC1C(=O)O. The summed E-state index contributed by atoms with van der Waals surface area (Å²) in [6.45, 7) is 2.67. The number of aliphatic carboxylic acids is 1. The second-order valence-corrected chi connectivity index (χ2v) is 7.88. The molecule has 0 aromatic carbocycles. The molecule has 1 aliphatic carbocycles. The first kappa shape index (κ1) is 23.7. The molecule has 156 valence electrons. The van der Waals surface area contributed by atoms with Crippen molar-refractivity contribution < 1.29 is 19.4 Å². The van der Waals surface area contributed by atoms with E-state index in [9.17, 15) is 14.7 Å². The zero-order chi connectivity index (χ0) is 19.7. The van der Waals surface area contributed by atoms with Crippen molar-refractivity contribution in [3.05, 3.63) is 12.2 Å². The van der Waals surface area contributed by atoms with Gasteiger partial charge in [0.05, 0.1) is 18.4 Å². The highest BCUT2D eigenvalue weighted by atomic mass is 16.5. The molecule has 1 aliphatic rings. The summed E-state index contributed by atoms with van der Waals surface area (Å²) < 4.78 is 5.34. The third kappa shape index (κ3) is 11.2. The van der Waals surface area contributed by atoms with Crippen LogP contribution in [0, 0.1) is 11.8 Å². The van der Waals surface area contributed by atoms with Gasteiger partial charge >= 0.3 is 11.9 Å². The van der Waals surface area contributed by atoms with Crippen LogP contribution in [0.2, 0.25) is 0 Å². The molecule has 1 saturated carbocycles. The molecule has 1 fully saturated rings. The maximum Gasteiger partial charge on any atom is 0.309 e. The van der Waals surface area contributed by atoms with Crippen LogP contribution in [-0.4, -0.2) is 23.7 Å². The van der Waals surface area contributed by atoms with E-state index >= 15 is 0 Å². The normalized spacial score (nSPS) is 20.0. The molecule has 0 heterocycles. The number of allylic oxidation sites excluding steroid dienone is 2. The van der Waals surface area contributed by atoms with Gasteiger partial charge in [0, 0.05) is 0 Å². The number of esters is 1. The van der Waals surface area contributed by atoms with E-state index in [0.717, 1.165) is 38.5 Å². The van der Waals surface area contributed by atoms with Gasteiger partial charge in [-0.05, 0) is 51.4 Å². The Morgan fingerprint density at radius 3 is 2.04 bits per heavy atom. The average Bonchev–Trinajstić information content (AvgIpc) is 2.68. The fraction of sp³-hybridized carbons (Fsp3) is 0.826. The molecular formula is C23H40O4. The Balaban J connectivity index is 1.97. The van der Waals surface area contributed by atoms with Gasteiger partial charge in [-0.25, -0.2) is 0 Å². The van der Waals surface area contributed by atoms with Crippen LogP contribution in [0.1, 0.15) is 103 Å². The highest BCUT2D eigenvalue weighted by Crippen LogP contribution is 2.31. The van der Waals surface area contributed by atoms with Crippen molar-refractivity contribution >= 4 is 11.9 Å². The third-order valence-corrected chi connectivity index (χ3v) is 5.54. The van der Waals surface area contributed by atoms with Gasteiger partial charge in [0.1, 0.15) is 0 Å². The first-order valence-corrected chi connectivity index (χ1v) is 11.2. The number of carboxylic acid groups (broad SMARTS) is 1. The minimum absolute atomic E-state index is 0.305. The van der Waals surface area contributed by atoms with E-state index < -0.39 is 17.8 Å². The number of carbonyl (C=O) groups is 2. The van der Waals surface area contributed by atoms with Crippen molar-refractivity contribution in [2.75, 3.05) is 6.61 Å². The minimum Gasteiger partial charge on any atom is -0.481 e. The van der Waals surface area contributed by atoms with E-state index in [2.05, 4.69) is 19.1 Å². The molecule has 0 spiro atoms. The first-order chi connectivity index (χ1) is 13.2. The quantitative estimate of drug-likeness (QED) is 0.206. The molecule has 0 bridgehead atoms. The van der Waals surface area contributed by atoms with Crippen molar-refractivity contribution in [3.63, 3.8) is 0 Å². The molecule has 27 heavy (non-hydrogen) atoms. The number of carboxylic acids is 1. The molecule has 0 saturated heterocycles. The van der Waals surface area contributed by atoms with E-state index in [4.69, 9.17) is 4.74 Å². The van der Waals surface area contributed by atoms with Crippen LogP contribution >= 0.6 is 0 Å². The summed E-state index contributed by atoms with van der Waals surface area (Å²) in [4.78, 5) is 23.4. The molecule has 0 aliphatic heterocycles. The van der Waals surface area contributed by atoms with Gasteiger partial charge in [0.25, 0.3) is 0 Å². The number of ether oxygens (including phenoxy) is 1. The van der Waals surface area contributed by atoms with Gasteiger partial charge in [-0.15, -0.1) is 0 Å². The number of rotatable bonds is 15. The van der Waals surface area contributed by atoms with Gasteiger partial charge in [-0.1, -0.05) is 64.0 Å². The van der Waals surface area contributed by atoms with Gasteiger partial charge in [0.2, 0.25) is 0 Å². The maximum atomic E-state index is 12.1. The van der Waals surface area contributed by atoms with E-state index in [-0.39, 0.29) is 5.97 Å². The lowest BCUT2D eigenvalue weighted by molar-refractivity contribution is -0.159. The zero-order valence-corrected chi connectivity index (χ0v) is 17.3. The topological polar surface area (TPSA) is 63.6 Å². The smallest absolute Gasteiger partial charge is 0.309 e. The summed E-state index contributed by atoms with van der Waals surface area (Å²) >= 11 is 0. The number of hydrogen-bond acceptors (Lipinski definition) is 3. The first-order valence-electron chi connectivity index (χ1n) is 11.2. The lowest BCUT2D eigenvalue weighted by Crippen LogP contribution is -2.33. The zero-order valence-electron chi connectivity index (χ0n) is 17.3. The molecule has 0 aromatic heterocycles. The second-order valence-electron chi connectivity index (χ2n) is 7.88. The largest absolute Gasteiger partial charge is 0.481 e. The Hall–Kier alpha value is -1.32. The predicted octanol–water partition coefficient (Wildman–Crippen LogP) is 6.29. The fourth-order valence-electron chi connectivity index (χ4n) is 3.81. The Labute approximate surface area is 165 Å². The standard InChI is InChI=1S/C23H40O4/c1-2-3-4-5-6-7-8-9-10-11-12-13-16-19-27-23(26)21-18-15-14-17-20(21)22(24)25/h9-10,20-21H,2-8,11-19H2,1H3,(H,24,25)/b10-9+. The fourth-order valence-corrected chi connectivity index (χ4v) is 3.81. The Morgan fingerprint density at radius 1 is 0.852 bits per heavy atom. The summed E-state index contributed by atoms with van der Waals surface area (Å²) in [5, 5.41) is 9.24. The summed E-state index contributed by atoms with van der Waals surface area (Å²) in [5.74, 6) is -2.16. The van der Waals surface area contributed by atoms with Crippen LogP contribution in [0.25, 0.3) is 0 Å². The highest BCUT2D eigenvalue weighted by Gasteiger charge is 2.36. The molecule has 0 radical (unpaired) electrons. The Kier molecular flexibility index (Phi) is 13.8. The van der Waals surface area contributed by atoms with Crippen molar-refractivity contribution in [3.8, 4) is 0 Å². The van der Waals surface area contributed by atoms with E-state index in [1.807, 2.05) is 0 Å². The number of unbranched alkanes of at least 4 members (excludes halogenated alkanes) is 9. The monoisotopic (exact) mass is 380 g/mol. The Morgan fingerprint density at radius 2 is 1.41 bits per heavy atom. The maximum absolute atomic E-state index is 12.1. The molecule has 4 nitrogen and oxygen atoms in total. The van der Waals surface area contributed by atoms with Crippen molar-refractivity contribution in [2.45, 2.75) is 103 Å². The molecule has 1 N–H and O–H groups in total. The number of hydrogen-bond donors (Lipinski definition) is 1. The highest BCUT2D eigenvalue weighted by molar-refractivity contribution is 5.81. The van der Waals surface area contributed by atoms with Crippen LogP contribution in [0.5, 0.6) is 0 Å². The lowest BCUT2D eigenvalue weighted by atomic mass is 9.79. The van der Waals surface area contributed by atoms with Crippen LogP contribution in [-0.2, 0) is 14.3 Å². The van der Waals surface area contributed by atoms with Gasteiger partial charge in [-0.3, -0.25) is 9.59 Å². The average molecular weight is 381 g/mol. The third-order valence-electron chi connectivity index (χ3n) is 5.54. The second kappa shape index (κ2) is 15.7. The Bertz CT molecular complexity index is 430. The van der Waals surface area contributed by atoms with Crippen molar-refractivity contribution in [2.24, 2.45) is 11.8 Å². The lowest BCUT2D eigenvalue weighted by Gasteiger charge is -2.26. The molecular weight excluding hydrogens is 340 g/mol. The van der Waals surface area contributed by atoms with Crippen molar-refractivity contribution in [1.29, 1.82) is 0 Å². The van der Waals surface area contributed by atoms with Gasteiger partial charge in [-0.2, -0.15) is 0 Å². The van der Waals surface area contributed by atoms with E-state index in [1.54, 1.807) is 0 Å². The van der Waals surface area contributed by atoms with Gasteiger partial charge in [0.15, 0.2) is 0 Å². The minimum atomic E-state index is -0.857. The molecule has 4 heteroatoms. The summed E-state index contributed by atoms with van der Waals surface area (Å²) in [7, 11) is 0. The molecule has 0 aromatic rings. The molecule has 1 rings (SSSR count). The van der Waals surface area contributed by atoms with E-state index in [0.29, 0.717) is 19.4 Å². The molecule has 2 atom stereocenters. The predicted molar refractivity (Wildman–Crippen MR) is 110 cm³/mol. The summed E-state index contributed by atoms with van der Waals surface area (Å²) in [6, 6.07) is 0. The summed E-state index contributed by atoms with van der Waals surface area (Å²) in [5.41, 5.74) is 0. The van der Waals surface area contributed by atoms with E-state index in [1.165, 1.54) is 44.9 Å². The number of carbonyl (C=O) groups excluding carboxylic acids is 1. The summed E-state index contributed by atoms with van der Waals surface area (Å²) in [6.07, 6.45) is 21.0. The van der Waals surface area contributed by atoms with Crippen LogP contribution in [0.15, 0.2) is 12.2 Å².